The van der Waals surface area contributed by atoms with Gasteiger partial charge in [-0.05, 0) is 36.4 Å². The third-order valence-electron chi connectivity index (χ3n) is 4.41. The summed E-state index contributed by atoms with van der Waals surface area (Å²) in [7, 11) is -2.74. The Labute approximate surface area is 204 Å². The average molecular weight is 552 g/mol. The highest BCUT2D eigenvalue weighted by molar-refractivity contribution is 7.39. The van der Waals surface area contributed by atoms with Gasteiger partial charge in [0.1, 0.15) is 12.5 Å². The van der Waals surface area contributed by atoms with Crippen LogP contribution in [0.4, 0.5) is 32.0 Å². The topological polar surface area (TPSA) is 119 Å². The first-order valence-electron chi connectivity index (χ1n) is 9.79. The number of aromatic nitrogens is 1. The fraction of sp³-hybridized carbons (Fsp3) is 0.143. The van der Waals surface area contributed by atoms with Crippen molar-refractivity contribution in [2.75, 3.05) is 5.32 Å². The number of para-hydroxylation sites is 2. The summed E-state index contributed by atoms with van der Waals surface area (Å²) in [6.45, 7) is -0.531. The van der Waals surface area contributed by atoms with Crippen LogP contribution in [0.25, 0.3) is 0 Å². The first kappa shape index (κ1) is 27.9. The zero-order chi connectivity index (χ0) is 27.4. The minimum absolute atomic E-state index is 0.161. The van der Waals surface area contributed by atoms with Crippen LogP contribution < -0.4 is 20.3 Å². The predicted octanol–water partition coefficient (Wildman–Crippen LogP) is 5.00. The molecule has 2 aromatic carbocycles. The Morgan fingerprint density at radius 1 is 0.946 bits per heavy atom. The highest BCUT2D eigenvalue weighted by atomic mass is 31.2. The van der Waals surface area contributed by atoms with Crippen LogP contribution in [0, 0.1) is 0 Å². The molecule has 0 radical (unpaired) electrons. The molecule has 1 aromatic heterocycles. The maximum atomic E-state index is 13.3. The van der Waals surface area contributed by atoms with Gasteiger partial charge in [-0.2, -0.15) is 13.2 Å². The smallest absolute Gasteiger partial charge is 0.453 e. The summed E-state index contributed by atoms with van der Waals surface area (Å²) in [6.07, 6.45) is -8.86. The zero-order valence-electron chi connectivity index (χ0n) is 18.1. The van der Waals surface area contributed by atoms with Gasteiger partial charge >= 0.3 is 21.1 Å². The lowest BCUT2D eigenvalue weighted by Crippen LogP contribution is -2.21. The molecule has 37 heavy (non-hydrogen) atoms. The van der Waals surface area contributed by atoms with E-state index in [0.29, 0.717) is 12.1 Å². The van der Waals surface area contributed by atoms with Crippen LogP contribution in [0.5, 0.6) is 17.2 Å². The summed E-state index contributed by atoms with van der Waals surface area (Å²) in [5, 5.41) is 2.20. The number of pyridine rings is 1. The second kappa shape index (κ2) is 11.2. The molecule has 0 aliphatic rings. The quantitative estimate of drug-likeness (QED) is 0.266. The standard InChI is InChI=1S/C21H15F6N2O7P/c22-20(23,24)12-5-6-15(35-16-3-1-2-4-17(16)36-21(25,26)27)14(9-12)19(31)28-13-7-8-29(18(30)10-13)11-34-37(32)33/h1-10,32-33H,11H2,(H,28,31). The highest BCUT2D eigenvalue weighted by Gasteiger charge is 2.34. The third-order valence-corrected chi connectivity index (χ3v) is 4.76. The first-order chi connectivity index (χ1) is 17.2. The van der Waals surface area contributed by atoms with E-state index in [9.17, 15) is 35.9 Å². The van der Waals surface area contributed by atoms with Gasteiger partial charge < -0.3 is 24.6 Å². The lowest BCUT2D eigenvalue weighted by atomic mass is 10.1. The SMILES string of the molecule is O=C(Nc1ccn(COP(O)O)c(=O)c1)c1cc(C(F)(F)F)ccc1Oc1ccccc1OC(F)(F)F. The molecule has 1 amide bonds. The van der Waals surface area contributed by atoms with Crippen LogP contribution in [0.2, 0.25) is 0 Å². The molecule has 1 heterocycles. The lowest BCUT2D eigenvalue weighted by Gasteiger charge is -2.17. The van der Waals surface area contributed by atoms with Crippen molar-refractivity contribution in [3.8, 4) is 17.2 Å². The summed E-state index contributed by atoms with van der Waals surface area (Å²) in [6, 6.07) is 8.21. The van der Waals surface area contributed by atoms with Crippen LogP contribution in [0.1, 0.15) is 15.9 Å². The molecule has 198 valence electrons. The van der Waals surface area contributed by atoms with Crippen molar-refractivity contribution in [2.45, 2.75) is 19.3 Å². The van der Waals surface area contributed by atoms with Gasteiger partial charge in [-0.15, -0.1) is 13.2 Å². The second-order valence-corrected chi connectivity index (χ2v) is 7.76. The molecule has 3 rings (SSSR count). The number of carbonyl (C=O) groups excluding carboxylic acids is 1. The molecule has 0 aliphatic heterocycles. The van der Waals surface area contributed by atoms with Gasteiger partial charge in [0.05, 0.1) is 11.1 Å². The van der Waals surface area contributed by atoms with Gasteiger partial charge in [0.25, 0.3) is 11.5 Å². The number of hydrogen-bond donors (Lipinski definition) is 3. The average Bonchev–Trinajstić information content (AvgIpc) is 2.78. The van der Waals surface area contributed by atoms with Crippen LogP contribution in [-0.2, 0) is 17.4 Å². The van der Waals surface area contributed by atoms with Crippen molar-refractivity contribution >= 4 is 20.2 Å². The number of hydrogen-bond acceptors (Lipinski definition) is 7. The fourth-order valence-corrected chi connectivity index (χ4v) is 3.07. The molecular weight excluding hydrogens is 537 g/mol. The van der Waals surface area contributed by atoms with E-state index < -0.39 is 67.7 Å². The molecule has 0 saturated heterocycles. The van der Waals surface area contributed by atoms with Crippen molar-refractivity contribution in [1.29, 1.82) is 0 Å². The van der Waals surface area contributed by atoms with Crippen LogP contribution in [0.15, 0.2) is 65.6 Å². The van der Waals surface area contributed by atoms with Gasteiger partial charge in [0.2, 0.25) is 0 Å². The second-order valence-electron chi connectivity index (χ2n) is 6.99. The van der Waals surface area contributed by atoms with Gasteiger partial charge in [0, 0.05) is 18.0 Å². The summed E-state index contributed by atoms with van der Waals surface area (Å²) in [4.78, 5) is 42.5. The first-order valence-corrected chi connectivity index (χ1v) is 11.0. The van der Waals surface area contributed by atoms with E-state index in [2.05, 4.69) is 14.6 Å². The molecule has 0 spiro atoms. The Bertz CT molecular complexity index is 1330. The Kier molecular flexibility index (Phi) is 8.43. The Hall–Kier alpha value is -3.65. The van der Waals surface area contributed by atoms with E-state index in [1.165, 1.54) is 18.2 Å². The molecule has 0 aliphatic carbocycles. The Morgan fingerprint density at radius 2 is 1.62 bits per heavy atom. The maximum absolute atomic E-state index is 13.3. The van der Waals surface area contributed by atoms with Crippen LogP contribution in [-0.4, -0.2) is 26.6 Å². The van der Waals surface area contributed by atoms with Gasteiger partial charge in [0.15, 0.2) is 11.5 Å². The molecule has 0 bridgehead atoms. The van der Waals surface area contributed by atoms with Crippen molar-refractivity contribution in [1.82, 2.24) is 4.57 Å². The summed E-state index contributed by atoms with van der Waals surface area (Å²) < 4.78 is 92.6. The molecule has 0 saturated carbocycles. The predicted molar refractivity (Wildman–Crippen MR) is 116 cm³/mol. The minimum Gasteiger partial charge on any atom is -0.453 e. The largest absolute Gasteiger partial charge is 0.573 e. The number of ether oxygens (including phenoxy) is 2. The fourth-order valence-electron chi connectivity index (χ4n) is 2.84. The summed E-state index contributed by atoms with van der Waals surface area (Å²) >= 11 is 0. The van der Waals surface area contributed by atoms with Gasteiger partial charge in [-0.1, -0.05) is 12.1 Å². The highest BCUT2D eigenvalue weighted by Crippen LogP contribution is 2.38. The van der Waals surface area contributed by atoms with Crippen LogP contribution >= 0.6 is 8.60 Å². The number of rotatable bonds is 8. The van der Waals surface area contributed by atoms with Crippen molar-refractivity contribution in [3.05, 3.63) is 82.3 Å². The summed E-state index contributed by atoms with van der Waals surface area (Å²) in [5.41, 5.74) is -2.89. The molecule has 9 nitrogen and oxygen atoms in total. The number of amides is 1. The molecule has 3 N–H and O–H groups in total. The number of nitrogens with zero attached hydrogens (tertiary/aromatic N) is 1. The van der Waals surface area contributed by atoms with Gasteiger partial charge in [-0.3, -0.25) is 18.7 Å². The lowest BCUT2D eigenvalue weighted by molar-refractivity contribution is -0.275. The van der Waals surface area contributed by atoms with Crippen molar-refractivity contribution < 1.29 is 54.9 Å². The van der Waals surface area contributed by atoms with Crippen molar-refractivity contribution in [3.63, 3.8) is 0 Å². The summed E-state index contributed by atoms with van der Waals surface area (Å²) in [5.74, 6) is -3.06. The van der Waals surface area contributed by atoms with E-state index in [4.69, 9.17) is 14.5 Å². The third kappa shape index (κ3) is 7.92. The number of halogens is 6. The van der Waals surface area contributed by atoms with Crippen molar-refractivity contribution in [2.24, 2.45) is 0 Å². The Balaban J connectivity index is 1.94. The normalized spacial score (nSPS) is 11.9. The number of nitrogens with one attached hydrogen (secondary N) is 1. The van der Waals surface area contributed by atoms with Gasteiger partial charge in [-0.25, -0.2) is 0 Å². The van der Waals surface area contributed by atoms with E-state index in [0.717, 1.165) is 35.0 Å². The molecule has 16 heteroatoms. The number of anilines is 1. The Morgan fingerprint density at radius 3 is 2.22 bits per heavy atom. The number of carbonyl (C=O) groups is 1. The van der Waals surface area contributed by atoms with E-state index >= 15 is 0 Å². The number of benzene rings is 2. The molecule has 0 unspecified atom stereocenters. The number of alkyl halides is 6. The maximum Gasteiger partial charge on any atom is 0.573 e. The molecule has 0 atom stereocenters. The van der Waals surface area contributed by atoms with E-state index in [1.54, 1.807) is 0 Å². The molecule has 3 aromatic rings. The monoisotopic (exact) mass is 552 g/mol. The zero-order valence-corrected chi connectivity index (χ0v) is 19.0. The molecular formula is C21H15F6N2O7P. The van der Waals surface area contributed by atoms with E-state index in [1.807, 2.05) is 0 Å². The van der Waals surface area contributed by atoms with Crippen LogP contribution in [0.3, 0.4) is 0 Å². The molecule has 0 fully saturated rings. The minimum atomic E-state index is -5.10. The van der Waals surface area contributed by atoms with E-state index in [-0.39, 0.29) is 5.69 Å².